The second kappa shape index (κ2) is 8.10. The lowest BCUT2D eigenvalue weighted by Crippen LogP contribution is -2.06. The van der Waals surface area contributed by atoms with Gasteiger partial charge in [0.15, 0.2) is 11.7 Å². The van der Waals surface area contributed by atoms with Crippen LogP contribution in [0.1, 0.15) is 17.9 Å². The van der Waals surface area contributed by atoms with E-state index >= 15 is 0 Å². The van der Waals surface area contributed by atoms with Gasteiger partial charge in [-0.3, -0.25) is 4.79 Å². The van der Waals surface area contributed by atoms with Gasteiger partial charge in [-0.2, -0.15) is 0 Å². The average Bonchev–Trinajstić information content (AvgIpc) is 3.07. The van der Waals surface area contributed by atoms with Gasteiger partial charge in [0, 0.05) is 17.5 Å². The number of nitrogens with zero attached hydrogens (tertiary/aromatic N) is 1. The molecule has 1 aromatic heterocycles. The first-order chi connectivity index (χ1) is 12.5. The fourth-order valence-corrected chi connectivity index (χ4v) is 2.52. The molecule has 7 heteroatoms. The quantitative estimate of drug-likeness (QED) is 0.570. The van der Waals surface area contributed by atoms with Gasteiger partial charge in [0.1, 0.15) is 18.2 Å². The molecule has 0 unspecified atom stereocenters. The lowest BCUT2D eigenvalue weighted by Gasteiger charge is -2.04. The second-order valence-corrected chi connectivity index (χ2v) is 5.97. The van der Waals surface area contributed by atoms with Gasteiger partial charge in [-0.05, 0) is 29.8 Å². The minimum Gasteiger partial charge on any atom is -0.461 e. The fourth-order valence-electron chi connectivity index (χ4n) is 2.31. The van der Waals surface area contributed by atoms with Crippen LogP contribution in [0.3, 0.4) is 0 Å². The normalized spacial score (nSPS) is 10.7. The maximum atomic E-state index is 13.7. The largest absolute Gasteiger partial charge is 0.461 e. The summed E-state index contributed by atoms with van der Waals surface area (Å²) in [7, 11) is 0. The van der Waals surface area contributed by atoms with Gasteiger partial charge >= 0.3 is 5.97 Å². The molecule has 0 spiro atoms. The summed E-state index contributed by atoms with van der Waals surface area (Å²) in [6.45, 7) is 0.122. The van der Waals surface area contributed by atoms with Crippen molar-refractivity contribution in [2.24, 2.45) is 0 Å². The summed E-state index contributed by atoms with van der Waals surface area (Å²) < 4.78 is 37.3. The third-order valence-electron chi connectivity index (χ3n) is 3.58. The molecule has 0 saturated carbocycles. The minimum atomic E-state index is -0.742. The predicted molar refractivity (Wildman–Crippen MR) is 91.4 cm³/mol. The van der Waals surface area contributed by atoms with Gasteiger partial charge in [-0.25, -0.2) is 13.8 Å². The molecule has 2 aromatic carbocycles. The Balaban J connectivity index is 1.53. The van der Waals surface area contributed by atoms with Crippen LogP contribution in [0.4, 0.5) is 8.78 Å². The van der Waals surface area contributed by atoms with Crippen LogP contribution in [0.25, 0.3) is 11.3 Å². The number of benzene rings is 2. The highest BCUT2D eigenvalue weighted by molar-refractivity contribution is 6.30. The van der Waals surface area contributed by atoms with Crippen LogP contribution in [-0.4, -0.2) is 11.0 Å². The third kappa shape index (κ3) is 4.67. The highest BCUT2D eigenvalue weighted by Crippen LogP contribution is 2.24. The molecule has 0 saturated heterocycles. The number of carbonyl (C=O) groups excluding carboxylic acids is 1. The average molecular weight is 378 g/mol. The number of hydrogen-bond acceptors (Lipinski definition) is 4. The zero-order valence-corrected chi connectivity index (χ0v) is 14.3. The lowest BCUT2D eigenvalue weighted by molar-refractivity contribution is -0.145. The number of esters is 1. The Bertz CT molecular complexity index is 927. The van der Waals surface area contributed by atoms with E-state index in [2.05, 4.69) is 4.98 Å². The first-order valence-corrected chi connectivity index (χ1v) is 8.19. The summed E-state index contributed by atoms with van der Waals surface area (Å²) in [6.07, 6.45) is 1.60. The number of halogens is 3. The predicted octanol–water partition coefficient (Wildman–Crippen LogP) is 4.95. The summed E-state index contributed by atoms with van der Waals surface area (Å²) in [6, 6.07) is 10.2. The highest BCUT2D eigenvalue weighted by Gasteiger charge is 2.13. The van der Waals surface area contributed by atoms with Crippen molar-refractivity contribution in [3.63, 3.8) is 0 Å². The van der Waals surface area contributed by atoms with Crippen LogP contribution in [0, 0.1) is 11.6 Å². The van der Waals surface area contributed by atoms with Crippen molar-refractivity contribution in [1.29, 1.82) is 0 Å². The van der Waals surface area contributed by atoms with E-state index in [1.54, 1.807) is 24.3 Å². The Morgan fingerprint density at radius 1 is 1.19 bits per heavy atom. The summed E-state index contributed by atoms with van der Waals surface area (Å²) in [5.41, 5.74) is 0.893. The summed E-state index contributed by atoms with van der Waals surface area (Å²) in [5, 5.41) is 0.568. The van der Waals surface area contributed by atoms with E-state index in [1.807, 2.05) is 0 Å². The first kappa shape index (κ1) is 18.1. The van der Waals surface area contributed by atoms with Crippen LogP contribution >= 0.6 is 11.6 Å². The third-order valence-corrected chi connectivity index (χ3v) is 3.82. The molecular formula is C19H14ClF2NO3. The highest BCUT2D eigenvalue weighted by atomic mass is 35.5. The number of aryl methyl sites for hydroxylation is 1. The van der Waals surface area contributed by atoms with Crippen LogP contribution in [-0.2, 0) is 22.6 Å². The Morgan fingerprint density at radius 3 is 2.81 bits per heavy atom. The van der Waals surface area contributed by atoms with Crippen LogP contribution in [0.2, 0.25) is 5.02 Å². The van der Waals surface area contributed by atoms with E-state index in [9.17, 15) is 13.6 Å². The number of oxazole rings is 1. The summed E-state index contributed by atoms with van der Waals surface area (Å²) >= 11 is 5.87. The van der Waals surface area contributed by atoms with E-state index in [0.717, 1.165) is 17.7 Å². The molecular weight excluding hydrogens is 364 g/mol. The molecule has 26 heavy (non-hydrogen) atoms. The number of ether oxygens (including phenoxy) is 1. The van der Waals surface area contributed by atoms with Crippen molar-refractivity contribution in [2.75, 3.05) is 0 Å². The zero-order chi connectivity index (χ0) is 18.5. The van der Waals surface area contributed by atoms with Gasteiger partial charge in [0.2, 0.25) is 0 Å². The molecule has 3 rings (SSSR count). The molecule has 0 aliphatic heterocycles. The van der Waals surface area contributed by atoms with Crippen molar-refractivity contribution in [2.45, 2.75) is 19.4 Å². The number of carbonyl (C=O) groups is 1. The van der Waals surface area contributed by atoms with Crippen molar-refractivity contribution in [3.8, 4) is 11.3 Å². The Morgan fingerprint density at radius 2 is 2.04 bits per heavy atom. The maximum Gasteiger partial charge on any atom is 0.306 e. The van der Waals surface area contributed by atoms with Gasteiger partial charge in [-0.15, -0.1) is 0 Å². The molecule has 0 fully saturated rings. The van der Waals surface area contributed by atoms with Gasteiger partial charge in [0.25, 0.3) is 0 Å². The van der Waals surface area contributed by atoms with E-state index in [-0.39, 0.29) is 36.7 Å². The Labute approximate surface area is 153 Å². The summed E-state index contributed by atoms with van der Waals surface area (Å²) in [5.74, 6) is -1.40. The van der Waals surface area contributed by atoms with Gasteiger partial charge < -0.3 is 9.15 Å². The fraction of sp³-hybridized carbons (Fsp3) is 0.158. The zero-order valence-electron chi connectivity index (χ0n) is 13.5. The molecule has 0 bridgehead atoms. The molecule has 0 aliphatic rings. The number of hydrogen-bond donors (Lipinski definition) is 0. The smallest absolute Gasteiger partial charge is 0.306 e. The standard InChI is InChI=1S/C19H14ClF2NO3/c20-13-3-1-2-12(8-13)11-25-19(24)7-6-18-23-10-17(26-18)15-5-4-14(21)9-16(15)22/h1-5,8-10H,6-7,11H2. The molecule has 1 heterocycles. The molecule has 0 amide bonds. The molecule has 4 nitrogen and oxygen atoms in total. The lowest BCUT2D eigenvalue weighted by atomic mass is 10.2. The monoisotopic (exact) mass is 377 g/mol. The van der Waals surface area contributed by atoms with Crippen LogP contribution < -0.4 is 0 Å². The Kier molecular flexibility index (Phi) is 5.63. The van der Waals surface area contributed by atoms with E-state index in [1.165, 1.54) is 12.3 Å². The molecule has 0 aliphatic carbocycles. The first-order valence-electron chi connectivity index (χ1n) is 7.81. The molecule has 3 aromatic rings. The topological polar surface area (TPSA) is 52.3 Å². The van der Waals surface area contributed by atoms with Crippen molar-refractivity contribution in [1.82, 2.24) is 4.98 Å². The molecule has 134 valence electrons. The van der Waals surface area contributed by atoms with Crippen molar-refractivity contribution >= 4 is 17.6 Å². The van der Waals surface area contributed by atoms with Gasteiger partial charge in [0.05, 0.1) is 18.2 Å². The SMILES string of the molecule is O=C(CCc1ncc(-c2ccc(F)cc2F)o1)OCc1cccc(Cl)c1. The second-order valence-electron chi connectivity index (χ2n) is 5.53. The van der Waals surface area contributed by atoms with E-state index in [0.29, 0.717) is 5.02 Å². The van der Waals surface area contributed by atoms with E-state index in [4.69, 9.17) is 20.8 Å². The summed E-state index contributed by atoms with van der Waals surface area (Å²) in [4.78, 5) is 15.8. The van der Waals surface area contributed by atoms with Crippen molar-refractivity contribution < 1.29 is 22.7 Å². The number of aromatic nitrogens is 1. The van der Waals surface area contributed by atoms with E-state index < -0.39 is 17.6 Å². The minimum absolute atomic E-state index is 0.0619. The number of rotatable bonds is 6. The molecule has 0 N–H and O–H groups in total. The van der Waals surface area contributed by atoms with Crippen LogP contribution in [0.15, 0.2) is 53.1 Å². The van der Waals surface area contributed by atoms with Crippen LogP contribution in [0.5, 0.6) is 0 Å². The maximum absolute atomic E-state index is 13.7. The van der Waals surface area contributed by atoms with Gasteiger partial charge in [-0.1, -0.05) is 23.7 Å². The van der Waals surface area contributed by atoms with Crippen molar-refractivity contribution in [3.05, 3.63) is 76.8 Å². The molecule has 0 radical (unpaired) electrons. The Hall–Kier alpha value is -2.73. The molecule has 0 atom stereocenters.